The van der Waals surface area contributed by atoms with Crippen molar-refractivity contribution in [3.8, 4) is 0 Å². The molecule has 3 atom stereocenters. The van der Waals surface area contributed by atoms with Gasteiger partial charge < -0.3 is 16.0 Å². The maximum atomic E-state index is 13.9. The van der Waals surface area contributed by atoms with Crippen LogP contribution in [0.3, 0.4) is 0 Å². The summed E-state index contributed by atoms with van der Waals surface area (Å²) in [5.74, 6) is 0.808. The van der Waals surface area contributed by atoms with E-state index in [-0.39, 0.29) is 42.6 Å². The molecule has 8 heteroatoms. The summed E-state index contributed by atoms with van der Waals surface area (Å²) in [5, 5.41) is 2.95. The number of para-hydroxylation sites is 1. The molecule has 1 aromatic carbocycles. The van der Waals surface area contributed by atoms with E-state index in [1.54, 1.807) is 36.5 Å². The zero-order valence-electron chi connectivity index (χ0n) is 14.7. The van der Waals surface area contributed by atoms with E-state index in [4.69, 9.17) is 5.73 Å². The number of benzene rings is 1. The molecule has 3 N–H and O–H groups in total. The first-order valence-electron chi connectivity index (χ1n) is 8.65. The second-order valence-corrected chi connectivity index (χ2v) is 6.88. The predicted octanol–water partition coefficient (Wildman–Crippen LogP) is 3.62. The normalized spacial score (nSPS) is 23.2. The van der Waals surface area contributed by atoms with Gasteiger partial charge in [0, 0.05) is 25.3 Å². The Morgan fingerprint density at radius 3 is 2.67 bits per heavy atom. The molecule has 1 saturated carbocycles. The number of likely N-dealkylation sites (tertiary alicyclic amines) is 1. The summed E-state index contributed by atoms with van der Waals surface area (Å²) in [6.07, 6.45) is 3.72. The largest absolute Gasteiger partial charge is 0.338 e. The molecule has 0 bridgehead atoms. The van der Waals surface area contributed by atoms with Crippen LogP contribution in [0.25, 0.3) is 0 Å². The number of hydrogen-bond acceptors (Lipinski definition) is 4. The van der Waals surface area contributed by atoms with Crippen LogP contribution < -0.4 is 11.1 Å². The number of amides is 1. The Balaban J connectivity index is 0.00000131. The first kappa shape index (κ1) is 21.4. The molecule has 4 rings (SSSR count). The van der Waals surface area contributed by atoms with Gasteiger partial charge in [0.15, 0.2) is 0 Å². The first-order valence-corrected chi connectivity index (χ1v) is 8.65. The molecular formula is C19H23Cl2FN4O. The Labute approximate surface area is 170 Å². The lowest BCUT2D eigenvalue weighted by atomic mass is 9.98. The molecule has 1 aliphatic heterocycles. The highest BCUT2D eigenvalue weighted by molar-refractivity contribution is 5.99. The number of rotatable bonds is 3. The summed E-state index contributed by atoms with van der Waals surface area (Å²) >= 11 is 0. The highest BCUT2D eigenvalue weighted by atomic mass is 35.5. The standard InChI is InChI=1S/C19H21FN4O.2ClH/c20-15-5-1-2-6-17(15)23-18-13(4-3-9-22-18)19(25)24-10-12-7-8-16(21)14(12)11-24;;/h1-6,9,12,14,16H,7-8,10-11,21H2,(H,22,23);2*1H. The number of pyridine rings is 1. The minimum atomic E-state index is -0.381. The lowest BCUT2D eigenvalue weighted by Crippen LogP contribution is -2.33. The second-order valence-electron chi connectivity index (χ2n) is 6.88. The number of nitrogens with zero attached hydrogens (tertiary/aromatic N) is 2. The van der Waals surface area contributed by atoms with Crippen molar-refractivity contribution in [3.05, 3.63) is 54.0 Å². The van der Waals surface area contributed by atoms with Crippen molar-refractivity contribution in [1.29, 1.82) is 0 Å². The lowest BCUT2D eigenvalue weighted by Gasteiger charge is -2.20. The summed E-state index contributed by atoms with van der Waals surface area (Å²) in [6, 6.07) is 9.99. The first-order chi connectivity index (χ1) is 12.1. The molecule has 0 radical (unpaired) electrons. The molecule has 2 fully saturated rings. The number of aromatic nitrogens is 1. The van der Waals surface area contributed by atoms with E-state index in [1.807, 2.05) is 4.90 Å². The van der Waals surface area contributed by atoms with Gasteiger partial charge in [0.1, 0.15) is 11.6 Å². The number of carbonyl (C=O) groups excluding carboxylic acids is 1. The fourth-order valence-corrected chi connectivity index (χ4v) is 4.01. The van der Waals surface area contributed by atoms with E-state index in [0.717, 1.165) is 19.4 Å². The molecule has 3 unspecified atom stereocenters. The Kier molecular flexibility index (Phi) is 7.03. The average Bonchev–Trinajstić information content (AvgIpc) is 3.19. The summed E-state index contributed by atoms with van der Waals surface area (Å²) in [7, 11) is 0. The van der Waals surface area contributed by atoms with Gasteiger partial charge in [-0.25, -0.2) is 9.37 Å². The molecule has 2 heterocycles. The van der Waals surface area contributed by atoms with Crippen LogP contribution in [0.1, 0.15) is 23.2 Å². The number of nitrogens with one attached hydrogen (secondary N) is 1. The van der Waals surface area contributed by atoms with E-state index in [2.05, 4.69) is 10.3 Å². The third-order valence-corrected chi connectivity index (χ3v) is 5.36. The van der Waals surface area contributed by atoms with Crippen molar-refractivity contribution in [2.75, 3.05) is 18.4 Å². The second kappa shape index (κ2) is 8.87. The summed E-state index contributed by atoms with van der Waals surface area (Å²) in [5.41, 5.74) is 6.92. The van der Waals surface area contributed by atoms with Gasteiger partial charge in [-0.05, 0) is 48.9 Å². The van der Waals surface area contributed by atoms with Crippen LogP contribution in [0.4, 0.5) is 15.9 Å². The summed E-state index contributed by atoms with van der Waals surface area (Å²) < 4.78 is 13.9. The SMILES string of the molecule is Cl.Cl.NC1CCC2CN(C(=O)c3cccnc3Nc3ccccc3F)CC12. The van der Waals surface area contributed by atoms with Crippen LogP contribution >= 0.6 is 24.8 Å². The van der Waals surface area contributed by atoms with Crippen molar-refractivity contribution in [2.24, 2.45) is 17.6 Å². The molecule has 146 valence electrons. The van der Waals surface area contributed by atoms with Crippen molar-refractivity contribution in [1.82, 2.24) is 9.88 Å². The van der Waals surface area contributed by atoms with Gasteiger partial charge in [-0.3, -0.25) is 4.79 Å². The topological polar surface area (TPSA) is 71.2 Å². The van der Waals surface area contributed by atoms with Gasteiger partial charge in [-0.2, -0.15) is 0 Å². The number of hydrogen-bond donors (Lipinski definition) is 2. The molecule has 1 aliphatic carbocycles. The third-order valence-electron chi connectivity index (χ3n) is 5.36. The van der Waals surface area contributed by atoms with Gasteiger partial charge in [-0.1, -0.05) is 12.1 Å². The van der Waals surface area contributed by atoms with Gasteiger partial charge >= 0.3 is 0 Å². The molecule has 1 amide bonds. The Hall–Kier alpha value is -1.89. The van der Waals surface area contributed by atoms with E-state index >= 15 is 0 Å². The summed E-state index contributed by atoms with van der Waals surface area (Å²) in [6.45, 7) is 1.43. The highest BCUT2D eigenvalue weighted by Crippen LogP contribution is 2.38. The van der Waals surface area contributed by atoms with Crippen molar-refractivity contribution < 1.29 is 9.18 Å². The Bertz CT molecular complexity index is 807. The minimum absolute atomic E-state index is 0. The number of anilines is 2. The van der Waals surface area contributed by atoms with Crippen molar-refractivity contribution in [2.45, 2.75) is 18.9 Å². The molecule has 5 nitrogen and oxygen atoms in total. The van der Waals surface area contributed by atoms with E-state index in [9.17, 15) is 9.18 Å². The lowest BCUT2D eigenvalue weighted by molar-refractivity contribution is 0.0780. The third kappa shape index (κ3) is 4.18. The molecule has 1 saturated heterocycles. The Morgan fingerprint density at radius 2 is 1.93 bits per heavy atom. The molecular weight excluding hydrogens is 390 g/mol. The van der Waals surface area contributed by atoms with Crippen LogP contribution in [-0.4, -0.2) is 34.9 Å². The van der Waals surface area contributed by atoms with E-state index in [0.29, 0.717) is 35.4 Å². The summed E-state index contributed by atoms with van der Waals surface area (Å²) in [4.78, 5) is 19.1. The van der Waals surface area contributed by atoms with Gasteiger partial charge in [0.05, 0.1) is 11.3 Å². The minimum Gasteiger partial charge on any atom is -0.338 e. The van der Waals surface area contributed by atoms with Crippen LogP contribution in [0.15, 0.2) is 42.6 Å². The molecule has 1 aromatic heterocycles. The number of nitrogens with two attached hydrogens (primary N) is 1. The molecule has 27 heavy (non-hydrogen) atoms. The molecule has 2 aliphatic rings. The van der Waals surface area contributed by atoms with Crippen LogP contribution in [0, 0.1) is 17.7 Å². The van der Waals surface area contributed by atoms with Gasteiger partial charge in [-0.15, -0.1) is 24.8 Å². The van der Waals surface area contributed by atoms with Gasteiger partial charge in [0.25, 0.3) is 5.91 Å². The van der Waals surface area contributed by atoms with Crippen molar-refractivity contribution in [3.63, 3.8) is 0 Å². The molecule has 0 spiro atoms. The smallest absolute Gasteiger partial charge is 0.257 e. The monoisotopic (exact) mass is 412 g/mol. The number of carbonyl (C=O) groups is 1. The highest BCUT2D eigenvalue weighted by Gasteiger charge is 2.42. The fraction of sp³-hybridized carbons (Fsp3) is 0.368. The van der Waals surface area contributed by atoms with Crippen LogP contribution in [0.2, 0.25) is 0 Å². The van der Waals surface area contributed by atoms with Gasteiger partial charge in [0.2, 0.25) is 0 Å². The van der Waals surface area contributed by atoms with E-state index < -0.39 is 0 Å². The van der Waals surface area contributed by atoms with Crippen molar-refractivity contribution >= 4 is 42.2 Å². The number of halogens is 3. The van der Waals surface area contributed by atoms with E-state index in [1.165, 1.54) is 6.07 Å². The average molecular weight is 413 g/mol. The quantitative estimate of drug-likeness (QED) is 0.807. The maximum Gasteiger partial charge on any atom is 0.257 e. The molecule has 2 aromatic rings. The fourth-order valence-electron chi connectivity index (χ4n) is 4.01. The number of fused-ring (bicyclic) bond motifs is 1. The zero-order valence-corrected chi connectivity index (χ0v) is 16.3. The zero-order chi connectivity index (χ0) is 17.4. The van der Waals surface area contributed by atoms with Crippen LogP contribution in [-0.2, 0) is 0 Å². The van der Waals surface area contributed by atoms with Crippen LogP contribution in [0.5, 0.6) is 0 Å². The predicted molar refractivity (Wildman–Crippen MR) is 109 cm³/mol. The maximum absolute atomic E-state index is 13.9. The Morgan fingerprint density at radius 1 is 1.15 bits per heavy atom.